The fourth-order valence-electron chi connectivity index (χ4n) is 2.47. The molecule has 20 heavy (non-hydrogen) atoms. The maximum absolute atomic E-state index is 13.1. The molecule has 1 unspecified atom stereocenters. The maximum atomic E-state index is 13.1. The van der Waals surface area contributed by atoms with Crippen LogP contribution in [0.3, 0.4) is 0 Å². The summed E-state index contributed by atoms with van der Waals surface area (Å²) in [7, 11) is -3.29. The molecular weight excluding hydrogens is 286 g/mol. The smallest absolute Gasteiger partial charge is 0.215 e. The van der Waals surface area contributed by atoms with Crippen molar-refractivity contribution >= 4 is 10.0 Å². The van der Waals surface area contributed by atoms with Crippen molar-refractivity contribution in [2.24, 2.45) is 0 Å². The van der Waals surface area contributed by atoms with Gasteiger partial charge in [-0.2, -0.15) is 0 Å². The summed E-state index contributed by atoms with van der Waals surface area (Å²) < 4.78 is 52.5. The Labute approximate surface area is 117 Å². The lowest BCUT2D eigenvalue weighted by Gasteiger charge is -2.16. The zero-order chi connectivity index (χ0) is 14.8. The van der Waals surface area contributed by atoms with Crippen LogP contribution in [0.5, 0.6) is 0 Å². The highest BCUT2D eigenvalue weighted by Gasteiger charge is 2.32. The van der Waals surface area contributed by atoms with Gasteiger partial charge in [-0.15, -0.1) is 0 Å². The van der Waals surface area contributed by atoms with Gasteiger partial charge >= 0.3 is 0 Å². The Morgan fingerprint density at radius 3 is 2.55 bits per heavy atom. The first-order chi connectivity index (χ1) is 9.40. The number of likely N-dealkylation sites (tertiary alicyclic amines) is 1. The van der Waals surface area contributed by atoms with E-state index in [4.69, 9.17) is 0 Å². The molecule has 0 aromatic heterocycles. The van der Waals surface area contributed by atoms with Crippen LogP contribution in [-0.4, -0.2) is 38.2 Å². The lowest BCUT2D eigenvalue weighted by atomic mass is 10.2. The third kappa shape index (κ3) is 3.74. The van der Waals surface area contributed by atoms with E-state index in [9.17, 15) is 17.2 Å². The van der Waals surface area contributed by atoms with Crippen molar-refractivity contribution in [3.63, 3.8) is 0 Å². The number of hydrogen-bond acceptors (Lipinski definition) is 3. The summed E-state index contributed by atoms with van der Waals surface area (Å²) in [4.78, 5) is 1.90. The van der Waals surface area contributed by atoms with Gasteiger partial charge in [0.1, 0.15) is 11.6 Å². The Kier molecular flexibility index (Phi) is 4.72. The van der Waals surface area contributed by atoms with Crippen LogP contribution in [0.1, 0.15) is 18.9 Å². The van der Waals surface area contributed by atoms with Crippen molar-refractivity contribution in [1.82, 2.24) is 9.62 Å². The molecular formula is C13H18F2N2O2S. The van der Waals surface area contributed by atoms with Crippen LogP contribution < -0.4 is 4.72 Å². The topological polar surface area (TPSA) is 49.4 Å². The SMILES string of the molecule is CCNS(=O)(=O)C1CCN(Cc2cc(F)cc(F)c2)C1. The molecule has 1 aliphatic heterocycles. The van der Waals surface area contributed by atoms with Crippen LogP contribution in [0.25, 0.3) is 0 Å². The fraction of sp³-hybridized carbons (Fsp3) is 0.538. The van der Waals surface area contributed by atoms with Gasteiger partial charge in [-0.05, 0) is 30.7 Å². The molecule has 0 spiro atoms. The molecule has 0 saturated carbocycles. The summed E-state index contributed by atoms with van der Waals surface area (Å²) >= 11 is 0. The van der Waals surface area contributed by atoms with E-state index < -0.39 is 26.9 Å². The van der Waals surface area contributed by atoms with Gasteiger partial charge in [-0.3, -0.25) is 4.90 Å². The minimum Gasteiger partial charge on any atom is -0.298 e. The molecule has 2 rings (SSSR count). The predicted molar refractivity (Wildman–Crippen MR) is 72.6 cm³/mol. The Bertz CT molecular complexity index is 557. The van der Waals surface area contributed by atoms with Gasteiger partial charge in [0.15, 0.2) is 0 Å². The highest BCUT2D eigenvalue weighted by Crippen LogP contribution is 2.19. The van der Waals surface area contributed by atoms with Crippen LogP contribution >= 0.6 is 0 Å². The number of hydrogen-bond donors (Lipinski definition) is 1. The van der Waals surface area contributed by atoms with E-state index in [0.717, 1.165) is 6.07 Å². The van der Waals surface area contributed by atoms with Gasteiger partial charge in [0.25, 0.3) is 0 Å². The zero-order valence-electron chi connectivity index (χ0n) is 11.3. The van der Waals surface area contributed by atoms with Crippen molar-refractivity contribution < 1.29 is 17.2 Å². The average Bonchev–Trinajstić information content (AvgIpc) is 2.76. The number of rotatable bonds is 5. The number of sulfonamides is 1. The first-order valence-corrected chi connectivity index (χ1v) is 8.11. The van der Waals surface area contributed by atoms with Gasteiger partial charge in [-0.25, -0.2) is 21.9 Å². The summed E-state index contributed by atoms with van der Waals surface area (Å²) in [6, 6.07) is 3.37. The lowest BCUT2D eigenvalue weighted by Crippen LogP contribution is -2.36. The Balaban J connectivity index is 2.00. The Morgan fingerprint density at radius 1 is 1.30 bits per heavy atom. The molecule has 0 radical (unpaired) electrons. The highest BCUT2D eigenvalue weighted by molar-refractivity contribution is 7.90. The number of nitrogens with zero attached hydrogens (tertiary/aromatic N) is 1. The summed E-state index contributed by atoms with van der Waals surface area (Å²) in [5.74, 6) is -1.23. The number of benzene rings is 1. The second-order valence-electron chi connectivity index (χ2n) is 4.97. The van der Waals surface area contributed by atoms with E-state index in [0.29, 0.717) is 38.2 Å². The van der Waals surface area contributed by atoms with E-state index in [-0.39, 0.29) is 0 Å². The van der Waals surface area contributed by atoms with Gasteiger partial charge in [0.2, 0.25) is 10.0 Å². The standard InChI is InChI=1S/C13H18F2N2O2S/c1-2-16-20(18,19)13-3-4-17(9-13)8-10-5-11(14)7-12(15)6-10/h5-7,13,16H,2-4,8-9H2,1H3. The lowest BCUT2D eigenvalue weighted by molar-refractivity contribution is 0.330. The van der Waals surface area contributed by atoms with Gasteiger partial charge < -0.3 is 0 Å². The van der Waals surface area contributed by atoms with Crippen LogP contribution in [0.4, 0.5) is 8.78 Å². The van der Waals surface area contributed by atoms with Crippen LogP contribution in [0.15, 0.2) is 18.2 Å². The van der Waals surface area contributed by atoms with E-state index in [1.807, 2.05) is 4.90 Å². The third-order valence-corrected chi connectivity index (χ3v) is 5.30. The third-order valence-electron chi connectivity index (χ3n) is 3.34. The quantitative estimate of drug-likeness (QED) is 0.896. The monoisotopic (exact) mass is 304 g/mol. The van der Waals surface area contributed by atoms with Crippen molar-refractivity contribution in [2.45, 2.75) is 25.1 Å². The Morgan fingerprint density at radius 2 is 1.95 bits per heavy atom. The van der Waals surface area contributed by atoms with E-state index in [1.165, 1.54) is 12.1 Å². The van der Waals surface area contributed by atoms with E-state index >= 15 is 0 Å². The second kappa shape index (κ2) is 6.15. The number of halogens is 2. The van der Waals surface area contributed by atoms with Crippen molar-refractivity contribution in [3.05, 3.63) is 35.4 Å². The molecule has 1 atom stereocenters. The molecule has 1 aromatic carbocycles. The van der Waals surface area contributed by atoms with Crippen molar-refractivity contribution in [3.8, 4) is 0 Å². The van der Waals surface area contributed by atoms with E-state index in [2.05, 4.69) is 4.72 Å². The molecule has 1 saturated heterocycles. The predicted octanol–water partition coefficient (Wildman–Crippen LogP) is 1.48. The first-order valence-electron chi connectivity index (χ1n) is 6.56. The van der Waals surface area contributed by atoms with Gasteiger partial charge in [0.05, 0.1) is 5.25 Å². The molecule has 4 nitrogen and oxygen atoms in total. The largest absolute Gasteiger partial charge is 0.298 e. The first kappa shape index (κ1) is 15.3. The van der Waals surface area contributed by atoms with E-state index in [1.54, 1.807) is 6.92 Å². The average molecular weight is 304 g/mol. The van der Waals surface area contributed by atoms with Gasteiger partial charge in [-0.1, -0.05) is 6.92 Å². The van der Waals surface area contributed by atoms with Gasteiger partial charge in [0, 0.05) is 25.7 Å². The summed E-state index contributed by atoms with van der Waals surface area (Å²) in [6.45, 7) is 3.45. The van der Waals surface area contributed by atoms with Crippen molar-refractivity contribution in [1.29, 1.82) is 0 Å². The molecule has 0 bridgehead atoms. The van der Waals surface area contributed by atoms with Crippen LogP contribution in [0, 0.1) is 11.6 Å². The molecule has 0 amide bonds. The zero-order valence-corrected chi connectivity index (χ0v) is 12.1. The molecule has 7 heteroatoms. The summed E-state index contributed by atoms with van der Waals surface area (Å²) in [5.41, 5.74) is 0.518. The molecule has 1 aliphatic rings. The number of nitrogens with one attached hydrogen (secondary N) is 1. The maximum Gasteiger partial charge on any atom is 0.215 e. The van der Waals surface area contributed by atoms with Crippen LogP contribution in [0.2, 0.25) is 0 Å². The molecule has 0 aliphatic carbocycles. The fourth-order valence-corrected chi connectivity index (χ4v) is 3.93. The minimum absolute atomic E-state index is 0.354. The van der Waals surface area contributed by atoms with Crippen LogP contribution in [-0.2, 0) is 16.6 Å². The second-order valence-corrected chi connectivity index (χ2v) is 7.01. The normalized spacial score (nSPS) is 20.4. The molecule has 112 valence electrons. The highest BCUT2D eigenvalue weighted by atomic mass is 32.2. The molecule has 1 aromatic rings. The van der Waals surface area contributed by atoms with Crippen molar-refractivity contribution in [2.75, 3.05) is 19.6 Å². The summed E-state index contributed by atoms with van der Waals surface area (Å²) in [5, 5.41) is -0.458. The minimum atomic E-state index is -3.29. The molecule has 1 N–H and O–H groups in total. The molecule has 1 fully saturated rings. The summed E-state index contributed by atoms with van der Waals surface area (Å²) in [6.07, 6.45) is 0.535. The Hall–Kier alpha value is -1.05. The molecule has 1 heterocycles.